The quantitative estimate of drug-likeness (QED) is 0.160. The zero-order valence-electron chi connectivity index (χ0n) is 24.8. The van der Waals surface area contributed by atoms with Crippen LogP contribution in [0.2, 0.25) is 0 Å². The maximum atomic E-state index is 6.50. The lowest BCUT2D eigenvalue weighted by atomic mass is 9.76. The van der Waals surface area contributed by atoms with Crippen molar-refractivity contribution in [1.82, 2.24) is 0 Å². The van der Waals surface area contributed by atoms with Crippen molar-refractivity contribution in [3.8, 4) is 5.75 Å². The maximum absolute atomic E-state index is 6.50. The van der Waals surface area contributed by atoms with Gasteiger partial charge in [-0.05, 0) is 81.8 Å². The van der Waals surface area contributed by atoms with Crippen LogP contribution >= 0.6 is 0 Å². The highest BCUT2D eigenvalue weighted by molar-refractivity contribution is 6.03. The van der Waals surface area contributed by atoms with E-state index < -0.39 is 0 Å². The van der Waals surface area contributed by atoms with Crippen LogP contribution in [0.25, 0.3) is 21.5 Å². The van der Waals surface area contributed by atoms with Crippen molar-refractivity contribution in [3.05, 3.63) is 161 Å². The van der Waals surface area contributed by atoms with E-state index in [1.807, 2.05) is 6.21 Å². The monoisotopic (exact) mass is 570 g/mol. The van der Waals surface area contributed by atoms with Gasteiger partial charge in [-0.1, -0.05) is 115 Å². The molecule has 0 aromatic heterocycles. The molecule has 1 aliphatic carbocycles. The number of nitrogens with zero attached hydrogens (tertiary/aromatic N) is 1. The van der Waals surface area contributed by atoms with E-state index in [0.717, 1.165) is 28.8 Å². The van der Waals surface area contributed by atoms with E-state index in [0.29, 0.717) is 18.4 Å². The van der Waals surface area contributed by atoms with Crippen molar-refractivity contribution in [2.24, 2.45) is 10.9 Å². The van der Waals surface area contributed by atoms with E-state index in [1.54, 1.807) is 0 Å². The summed E-state index contributed by atoms with van der Waals surface area (Å²) in [6.07, 6.45) is 7.81. The molecule has 0 amide bonds. The number of nitrogens with one attached hydrogen (secondary N) is 1. The van der Waals surface area contributed by atoms with Gasteiger partial charge < -0.3 is 10.1 Å². The normalized spacial score (nSPS) is 18.8. The van der Waals surface area contributed by atoms with Crippen molar-refractivity contribution >= 4 is 39.1 Å². The molecule has 0 radical (unpaired) electrons. The molecule has 2 aliphatic rings. The number of hydrogen-bond donors (Lipinski definition) is 1. The largest absolute Gasteiger partial charge is 0.488 e. The molecule has 44 heavy (non-hydrogen) atoms. The minimum Gasteiger partial charge on any atom is -0.488 e. The van der Waals surface area contributed by atoms with Gasteiger partial charge in [0, 0.05) is 23.4 Å². The Morgan fingerprint density at radius 2 is 1.57 bits per heavy atom. The number of anilines is 1. The molecule has 3 nitrogen and oxygen atoms in total. The van der Waals surface area contributed by atoms with Crippen LogP contribution in [0, 0.1) is 12.8 Å². The first-order valence-corrected chi connectivity index (χ1v) is 15.5. The van der Waals surface area contributed by atoms with E-state index in [1.165, 1.54) is 44.1 Å². The van der Waals surface area contributed by atoms with Gasteiger partial charge in [-0.15, -0.1) is 0 Å². The average molecular weight is 571 g/mol. The molecule has 1 heterocycles. The summed E-state index contributed by atoms with van der Waals surface area (Å²) < 4.78 is 6.50. The van der Waals surface area contributed by atoms with E-state index in [2.05, 4.69) is 146 Å². The SMILES string of the molecule is Cc1ccc2c(c1)[C@@H]1C=CC[C@@H]1[C@H](c1ccc(N=Cc3c(OCc4cccc5ccccc45)ccc4ccccc34)cc1)N2. The fourth-order valence-electron chi connectivity index (χ4n) is 7.06. The molecule has 0 unspecified atom stereocenters. The van der Waals surface area contributed by atoms with Crippen LogP contribution < -0.4 is 10.1 Å². The van der Waals surface area contributed by atoms with Gasteiger partial charge in [0.25, 0.3) is 0 Å². The van der Waals surface area contributed by atoms with Crippen molar-refractivity contribution in [2.75, 3.05) is 5.32 Å². The van der Waals surface area contributed by atoms with Gasteiger partial charge in [-0.25, -0.2) is 0 Å². The average Bonchev–Trinajstić information content (AvgIpc) is 3.57. The summed E-state index contributed by atoms with van der Waals surface area (Å²) >= 11 is 0. The molecule has 6 aromatic rings. The molecule has 0 saturated heterocycles. The number of hydrogen-bond acceptors (Lipinski definition) is 3. The second-order valence-corrected chi connectivity index (χ2v) is 12.0. The zero-order chi connectivity index (χ0) is 29.5. The van der Waals surface area contributed by atoms with Crippen LogP contribution in [-0.2, 0) is 6.61 Å². The number of aryl methyl sites for hydroxylation is 1. The molecule has 0 bridgehead atoms. The predicted molar refractivity (Wildman–Crippen MR) is 183 cm³/mol. The lowest BCUT2D eigenvalue weighted by Crippen LogP contribution is -2.29. The number of rotatable bonds is 6. The van der Waals surface area contributed by atoms with E-state index in [9.17, 15) is 0 Å². The standard InChI is InChI=1S/C41H34N2O/c1-27-16-22-39-37(24-27)35-14-7-15-36(35)41(43-39)30-17-20-32(21-18-30)42-25-38-34-13-5-3-9-29(34)19-23-40(38)44-26-31-11-6-10-28-8-2-4-12-33(28)31/h2-14,16-25,35-36,41,43H,15,26H2,1H3/t35-,36+,41+/m1/s1. The van der Waals surface area contributed by atoms with Crippen molar-refractivity contribution in [2.45, 2.75) is 31.9 Å². The molecular formula is C41H34N2O. The third-order valence-electron chi connectivity index (χ3n) is 9.31. The molecule has 1 aliphatic heterocycles. The Morgan fingerprint density at radius 1 is 0.795 bits per heavy atom. The van der Waals surface area contributed by atoms with E-state index in [-0.39, 0.29) is 6.04 Å². The summed E-state index contributed by atoms with van der Waals surface area (Å²) in [6.45, 7) is 2.67. The van der Waals surface area contributed by atoms with Gasteiger partial charge in [0.05, 0.1) is 11.7 Å². The Morgan fingerprint density at radius 3 is 2.43 bits per heavy atom. The minimum atomic E-state index is 0.273. The number of allylic oxidation sites excluding steroid dienone is 2. The van der Waals surface area contributed by atoms with Gasteiger partial charge in [-0.2, -0.15) is 0 Å². The molecule has 214 valence electrons. The van der Waals surface area contributed by atoms with Crippen molar-refractivity contribution < 1.29 is 4.74 Å². The summed E-state index contributed by atoms with van der Waals surface area (Å²) in [7, 11) is 0. The smallest absolute Gasteiger partial charge is 0.129 e. The topological polar surface area (TPSA) is 33.6 Å². The van der Waals surface area contributed by atoms with Crippen LogP contribution in [0.4, 0.5) is 11.4 Å². The molecule has 3 heteroatoms. The number of ether oxygens (including phenoxy) is 1. The molecule has 0 fully saturated rings. The lowest BCUT2D eigenvalue weighted by molar-refractivity contribution is 0.307. The lowest BCUT2D eigenvalue weighted by Gasteiger charge is -2.37. The second-order valence-electron chi connectivity index (χ2n) is 12.0. The first-order valence-electron chi connectivity index (χ1n) is 15.5. The zero-order valence-corrected chi connectivity index (χ0v) is 24.8. The van der Waals surface area contributed by atoms with E-state index >= 15 is 0 Å². The number of aliphatic imine (C=N–C) groups is 1. The van der Waals surface area contributed by atoms with Crippen LogP contribution in [0.5, 0.6) is 5.75 Å². The van der Waals surface area contributed by atoms with Gasteiger partial charge in [-0.3, -0.25) is 4.99 Å². The molecule has 0 spiro atoms. The Kier molecular flexibility index (Phi) is 6.72. The van der Waals surface area contributed by atoms with Crippen molar-refractivity contribution in [3.63, 3.8) is 0 Å². The van der Waals surface area contributed by atoms with Gasteiger partial charge in [0.1, 0.15) is 12.4 Å². The van der Waals surface area contributed by atoms with Crippen LogP contribution in [0.3, 0.4) is 0 Å². The Hall–Kier alpha value is -5.15. The predicted octanol–water partition coefficient (Wildman–Crippen LogP) is 10.5. The molecule has 6 aromatic carbocycles. The molecule has 0 saturated carbocycles. The number of fused-ring (bicyclic) bond motifs is 5. The van der Waals surface area contributed by atoms with Gasteiger partial charge in [0.2, 0.25) is 0 Å². The second kappa shape index (κ2) is 11.2. The van der Waals surface area contributed by atoms with Crippen LogP contribution in [0.15, 0.2) is 138 Å². The van der Waals surface area contributed by atoms with Gasteiger partial charge >= 0.3 is 0 Å². The molecule has 3 atom stereocenters. The Labute approximate surface area is 258 Å². The number of benzene rings is 6. The highest BCUT2D eigenvalue weighted by Gasteiger charge is 2.37. The molecule has 1 N–H and O–H groups in total. The first kappa shape index (κ1) is 26.5. The molecule has 8 rings (SSSR count). The summed E-state index contributed by atoms with van der Waals surface area (Å²) in [4.78, 5) is 4.95. The maximum Gasteiger partial charge on any atom is 0.129 e. The fraction of sp³-hybridized carbons (Fsp3) is 0.146. The highest BCUT2D eigenvalue weighted by atomic mass is 16.5. The van der Waals surface area contributed by atoms with Crippen LogP contribution in [-0.4, -0.2) is 6.21 Å². The summed E-state index contributed by atoms with van der Waals surface area (Å²) in [5.41, 5.74) is 8.39. The molecular weight excluding hydrogens is 536 g/mol. The third kappa shape index (κ3) is 4.85. The summed E-state index contributed by atoms with van der Waals surface area (Å²) in [5.74, 6) is 1.82. The van der Waals surface area contributed by atoms with Gasteiger partial charge in [0.15, 0.2) is 0 Å². The first-order chi connectivity index (χ1) is 21.7. The summed E-state index contributed by atoms with van der Waals surface area (Å²) in [5, 5.41) is 8.60. The highest BCUT2D eigenvalue weighted by Crippen LogP contribution is 2.50. The van der Waals surface area contributed by atoms with Crippen molar-refractivity contribution in [1.29, 1.82) is 0 Å². The third-order valence-corrected chi connectivity index (χ3v) is 9.31. The van der Waals surface area contributed by atoms with Crippen LogP contribution in [0.1, 0.15) is 46.2 Å². The fourth-order valence-corrected chi connectivity index (χ4v) is 7.06. The summed E-state index contributed by atoms with van der Waals surface area (Å²) in [6, 6.07) is 43.3. The Bertz CT molecular complexity index is 2050. The minimum absolute atomic E-state index is 0.273. The Balaban J connectivity index is 1.07. The van der Waals surface area contributed by atoms with E-state index in [4.69, 9.17) is 9.73 Å².